The number of benzene rings is 1. The minimum atomic E-state index is -0.112. The summed E-state index contributed by atoms with van der Waals surface area (Å²) in [4.78, 5) is 17.4. The van der Waals surface area contributed by atoms with Crippen molar-refractivity contribution in [2.45, 2.75) is 12.8 Å². The first-order chi connectivity index (χ1) is 11.5. The molecule has 0 bridgehead atoms. The molecular formula is C18H11Cl3N2O. The Morgan fingerprint density at radius 3 is 2.54 bits per heavy atom. The van der Waals surface area contributed by atoms with E-state index >= 15 is 0 Å². The minimum Gasteiger partial charge on any atom is -0.269 e. The monoisotopic (exact) mass is 376 g/mol. The van der Waals surface area contributed by atoms with Crippen molar-refractivity contribution in [3.05, 3.63) is 78.8 Å². The van der Waals surface area contributed by atoms with E-state index < -0.39 is 0 Å². The number of nitrogens with zero attached hydrogens (tertiary/aromatic N) is 2. The molecule has 1 aliphatic carbocycles. The number of fused-ring (bicyclic) bond motifs is 2. The van der Waals surface area contributed by atoms with Crippen molar-refractivity contribution < 1.29 is 0 Å². The quantitative estimate of drug-likeness (QED) is 0.588. The molecule has 24 heavy (non-hydrogen) atoms. The smallest absolute Gasteiger partial charge is 0.261 e. The zero-order valence-electron chi connectivity index (χ0n) is 12.4. The van der Waals surface area contributed by atoms with Crippen molar-refractivity contribution in [1.29, 1.82) is 0 Å². The van der Waals surface area contributed by atoms with Crippen LogP contribution in [0.3, 0.4) is 0 Å². The Balaban J connectivity index is 1.92. The van der Waals surface area contributed by atoms with Crippen LogP contribution < -0.4 is 5.56 Å². The van der Waals surface area contributed by atoms with E-state index in [1.54, 1.807) is 12.3 Å². The van der Waals surface area contributed by atoms with Crippen LogP contribution in [-0.2, 0) is 6.42 Å². The van der Waals surface area contributed by atoms with Gasteiger partial charge in [0.25, 0.3) is 5.56 Å². The number of allylic oxidation sites excluding steroid dienone is 1. The van der Waals surface area contributed by atoms with Crippen LogP contribution in [0.4, 0.5) is 0 Å². The van der Waals surface area contributed by atoms with E-state index in [9.17, 15) is 4.79 Å². The molecule has 2 heterocycles. The van der Waals surface area contributed by atoms with Crippen LogP contribution in [0, 0.1) is 0 Å². The van der Waals surface area contributed by atoms with E-state index in [2.05, 4.69) is 4.98 Å². The Kier molecular flexibility index (Phi) is 3.87. The van der Waals surface area contributed by atoms with E-state index in [-0.39, 0.29) is 5.56 Å². The first-order valence-electron chi connectivity index (χ1n) is 7.40. The molecule has 1 aliphatic rings. The van der Waals surface area contributed by atoms with Crippen molar-refractivity contribution in [1.82, 2.24) is 9.38 Å². The zero-order valence-corrected chi connectivity index (χ0v) is 14.7. The van der Waals surface area contributed by atoms with Crippen LogP contribution in [0.15, 0.2) is 41.3 Å². The van der Waals surface area contributed by atoms with Gasteiger partial charge in [-0.05, 0) is 48.3 Å². The van der Waals surface area contributed by atoms with Crippen molar-refractivity contribution >= 4 is 52.1 Å². The van der Waals surface area contributed by atoms with E-state index in [0.717, 1.165) is 23.3 Å². The molecule has 0 radical (unpaired) electrons. The SMILES string of the molecule is O=c1c2c(nc3c(Cl)cc(Cl)cn13)/C(=C\c1ccc(Cl)cc1)CC2. The highest BCUT2D eigenvalue weighted by atomic mass is 35.5. The molecule has 3 aromatic rings. The number of pyridine rings is 1. The van der Waals surface area contributed by atoms with Gasteiger partial charge in [0.15, 0.2) is 5.65 Å². The molecule has 0 spiro atoms. The van der Waals surface area contributed by atoms with Gasteiger partial charge in [-0.15, -0.1) is 0 Å². The standard InChI is InChI=1S/C18H11Cl3N2O/c19-12-4-1-10(2-5-12)7-11-3-6-14-16(11)22-17-15(21)8-13(20)9-23(17)18(14)24/h1-2,4-5,7-9H,3,6H2/b11-7-. The Hall–Kier alpha value is -1.81. The lowest BCUT2D eigenvalue weighted by Gasteiger charge is -2.07. The highest BCUT2D eigenvalue weighted by Gasteiger charge is 2.23. The molecule has 0 fully saturated rings. The first-order valence-corrected chi connectivity index (χ1v) is 8.53. The third kappa shape index (κ3) is 2.63. The Morgan fingerprint density at radius 1 is 1.04 bits per heavy atom. The number of hydrogen-bond donors (Lipinski definition) is 0. The van der Waals surface area contributed by atoms with Crippen LogP contribution in [-0.4, -0.2) is 9.38 Å². The van der Waals surface area contributed by atoms with Gasteiger partial charge in [0.1, 0.15) is 0 Å². The molecule has 0 saturated heterocycles. The fourth-order valence-corrected chi connectivity index (χ4v) is 3.61. The summed E-state index contributed by atoms with van der Waals surface area (Å²) >= 11 is 18.1. The molecule has 3 nitrogen and oxygen atoms in total. The van der Waals surface area contributed by atoms with Gasteiger partial charge in [0, 0.05) is 16.8 Å². The topological polar surface area (TPSA) is 34.4 Å². The third-order valence-electron chi connectivity index (χ3n) is 4.10. The van der Waals surface area contributed by atoms with Gasteiger partial charge >= 0.3 is 0 Å². The summed E-state index contributed by atoms with van der Waals surface area (Å²) in [6, 6.07) is 9.15. The predicted octanol–water partition coefficient (Wildman–Crippen LogP) is 5.14. The summed E-state index contributed by atoms with van der Waals surface area (Å²) in [6.45, 7) is 0. The zero-order chi connectivity index (χ0) is 16.8. The van der Waals surface area contributed by atoms with Gasteiger partial charge in [-0.25, -0.2) is 4.98 Å². The predicted molar refractivity (Wildman–Crippen MR) is 99.1 cm³/mol. The largest absolute Gasteiger partial charge is 0.269 e. The molecule has 120 valence electrons. The maximum atomic E-state index is 12.7. The average molecular weight is 378 g/mol. The molecule has 0 atom stereocenters. The second kappa shape index (κ2) is 5.92. The van der Waals surface area contributed by atoms with Crippen molar-refractivity contribution in [2.24, 2.45) is 0 Å². The second-order valence-corrected chi connectivity index (χ2v) is 6.95. The van der Waals surface area contributed by atoms with Gasteiger partial charge < -0.3 is 0 Å². The first kappa shape index (κ1) is 15.7. The highest BCUT2D eigenvalue weighted by Crippen LogP contribution is 2.32. The Bertz CT molecular complexity index is 1050. The Labute approximate surface area is 153 Å². The van der Waals surface area contributed by atoms with Gasteiger partial charge in [-0.2, -0.15) is 0 Å². The highest BCUT2D eigenvalue weighted by molar-refractivity contribution is 6.36. The molecule has 0 amide bonds. The minimum absolute atomic E-state index is 0.112. The molecule has 1 aromatic carbocycles. The lowest BCUT2D eigenvalue weighted by Crippen LogP contribution is -2.20. The molecule has 2 aromatic heterocycles. The number of hydrogen-bond acceptors (Lipinski definition) is 2. The van der Waals surface area contributed by atoms with Gasteiger partial charge in [0.05, 0.1) is 15.7 Å². The molecule has 6 heteroatoms. The molecule has 0 aliphatic heterocycles. The normalized spacial score (nSPS) is 15.2. The fourth-order valence-electron chi connectivity index (χ4n) is 2.97. The van der Waals surface area contributed by atoms with E-state index in [1.165, 1.54) is 4.40 Å². The number of halogens is 3. The van der Waals surface area contributed by atoms with Crippen LogP contribution in [0.25, 0.3) is 17.3 Å². The van der Waals surface area contributed by atoms with Gasteiger partial charge in [-0.3, -0.25) is 9.20 Å². The molecule has 4 rings (SSSR count). The van der Waals surface area contributed by atoms with E-state index in [1.807, 2.05) is 30.3 Å². The summed E-state index contributed by atoms with van der Waals surface area (Å²) in [6.07, 6.45) is 5.02. The summed E-state index contributed by atoms with van der Waals surface area (Å²) in [5.41, 5.74) is 3.78. The lowest BCUT2D eigenvalue weighted by atomic mass is 10.1. The van der Waals surface area contributed by atoms with Gasteiger partial charge in [-0.1, -0.05) is 46.9 Å². The summed E-state index contributed by atoms with van der Waals surface area (Å²) in [7, 11) is 0. The molecule has 0 N–H and O–H groups in total. The van der Waals surface area contributed by atoms with E-state index in [0.29, 0.717) is 32.7 Å². The summed E-state index contributed by atoms with van der Waals surface area (Å²) in [5.74, 6) is 0. The van der Waals surface area contributed by atoms with Gasteiger partial charge in [0.2, 0.25) is 0 Å². The van der Waals surface area contributed by atoms with Crippen LogP contribution in [0.2, 0.25) is 15.1 Å². The van der Waals surface area contributed by atoms with Crippen LogP contribution >= 0.6 is 34.8 Å². The lowest BCUT2D eigenvalue weighted by molar-refractivity contribution is 0.971. The number of rotatable bonds is 1. The summed E-state index contributed by atoms with van der Waals surface area (Å²) in [5, 5.41) is 1.46. The molecule has 0 unspecified atom stereocenters. The second-order valence-electron chi connectivity index (χ2n) is 5.67. The van der Waals surface area contributed by atoms with Crippen LogP contribution in [0.5, 0.6) is 0 Å². The maximum absolute atomic E-state index is 12.7. The number of aromatic nitrogens is 2. The van der Waals surface area contributed by atoms with Crippen molar-refractivity contribution in [3.8, 4) is 0 Å². The third-order valence-corrected chi connectivity index (χ3v) is 4.84. The molecular weight excluding hydrogens is 367 g/mol. The Morgan fingerprint density at radius 2 is 1.79 bits per heavy atom. The maximum Gasteiger partial charge on any atom is 0.261 e. The van der Waals surface area contributed by atoms with E-state index in [4.69, 9.17) is 34.8 Å². The average Bonchev–Trinajstić information content (AvgIpc) is 2.94. The van der Waals surface area contributed by atoms with Crippen molar-refractivity contribution in [2.75, 3.05) is 0 Å². The summed E-state index contributed by atoms with van der Waals surface area (Å²) < 4.78 is 1.43. The molecule has 0 saturated carbocycles. The fraction of sp³-hybridized carbons (Fsp3) is 0.111. The van der Waals surface area contributed by atoms with Crippen LogP contribution in [0.1, 0.15) is 23.2 Å². The van der Waals surface area contributed by atoms with Crippen molar-refractivity contribution in [3.63, 3.8) is 0 Å².